The van der Waals surface area contributed by atoms with Crippen LogP contribution < -0.4 is 5.73 Å². The molecule has 1 fully saturated rings. The van der Waals surface area contributed by atoms with E-state index in [-0.39, 0.29) is 5.97 Å². The summed E-state index contributed by atoms with van der Waals surface area (Å²) in [5.41, 5.74) is 9.62. The van der Waals surface area contributed by atoms with Gasteiger partial charge in [-0.2, -0.15) is 0 Å². The minimum atomic E-state index is -0.0589. The number of nitrogen functional groups attached to an aromatic ring is 1. The molecule has 1 aromatic carbocycles. The summed E-state index contributed by atoms with van der Waals surface area (Å²) in [4.78, 5) is 20.2. The fourth-order valence-corrected chi connectivity index (χ4v) is 4.21. The number of ether oxygens (including phenoxy) is 1. The molecule has 2 N–H and O–H groups in total. The summed E-state index contributed by atoms with van der Waals surface area (Å²) in [6.45, 7) is 2.32. The van der Waals surface area contributed by atoms with Crippen molar-refractivity contribution in [1.82, 2.24) is 14.4 Å². The molecule has 28 heavy (non-hydrogen) atoms. The lowest BCUT2D eigenvalue weighted by molar-refractivity contribution is -0.144. The fraction of sp³-hybridized carbons (Fsp3) is 0.409. The maximum absolute atomic E-state index is 11.7. The van der Waals surface area contributed by atoms with Crippen LogP contribution in [-0.4, -0.2) is 26.9 Å². The maximum atomic E-state index is 11.7. The van der Waals surface area contributed by atoms with E-state index in [9.17, 15) is 4.79 Å². The summed E-state index contributed by atoms with van der Waals surface area (Å²) in [5, 5.41) is 0. The molecular weight excluding hydrogens is 352 g/mol. The van der Waals surface area contributed by atoms with Gasteiger partial charge in [-0.1, -0.05) is 24.3 Å². The molecule has 3 aromatic rings. The Balaban J connectivity index is 1.42. The summed E-state index contributed by atoms with van der Waals surface area (Å²) in [6.07, 6.45) is 10.3. The van der Waals surface area contributed by atoms with Gasteiger partial charge >= 0.3 is 5.97 Å². The molecule has 0 saturated heterocycles. The van der Waals surface area contributed by atoms with Crippen LogP contribution in [0.25, 0.3) is 16.9 Å². The first-order chi connectivity index (χ1) is 13.7. The molecule has 1 aliphatic rings. The second-order valence-electron chi connectivity index (χ2n) is 7.50. The molecule has 0 bridgehead atoms. The number of anilines is 1. The number of fused-ring (bicyclic) bond motifs is 1. The van der Waals surface area contributed by atoms with Crippen molar-refractivity contribution in [3.8, 4) is 11.1 Å². The van der Waals surface area contributed by atoms with Gasteiger partial charge in [0.25, 0.3) is 0 Å². The zero-order valence-corrected chi connectivity index (χ0v) is 16.2. The first-order valence-electron chi connectivity index (χ1n) is 9.99. The third-order valence-corrected chi connectivity index (χ3v) is 5.77. The van der Waals surface area contributed by atoms with Crippen molar-refractivity contribution in [2.24, 2.45) is 5.92 Å². The SMILES string of the molecule is CCOC(=O)CC1CCC(c2ccc(-c3cnc4nccn4c3N)cc2)CC1. The number of carbonyl (C=O) groups excluding carboxylic acids is 1. The first kappa shape index (κ1) is 18.5. The molecule has 1 saturated carbocycles. The number of esters is 1. The summed E-state index contributed by atoms with van der Waals surface area (Å²) < 4.78 is 6.88. The normalized spacial score (nSPS) is 19.6. The highest BCUT2D eigenvalue weighted by atomic mass is 16.5. The number of hydrogen-bond donors (Lipinski definition) is 1. The molecule has 0 radical (unpaired) electrons. The van der Waals surface area contributed by atoms with E-state index in [4.69, 9.17) is 10.5 Å². The molecule has 6 nitrogen and oxygen atoms in total. The number of carbonyl (C=O) groups is 1. The number of hydrogen-bond acceptors (Lipinski definition) is 5. The molecule has 0 aliphatic heterocycles. The van der Waals surface area contributed by atoms with Crippen LogP contribution in [-0.2, 0) is 9.53 Å². The van der Waals surface area contributed by atoms with E-state index in [0.29, 0.717) is 36.5 Å². The highest BCUT2D eigenvalue weighted by Crippen LogP contribution is 2.38. The molecule has 146 valence electrons. The van der Waals surface area contributed by atoms with E-state index in [2.05, 4.69) is 34.2 Å². The second kappa shape index (κ2) is 8.00. The number of aromatic nitrogens is 3. The Bertz CT molecular complexity index is 956. The molecule has 0 spiro atoms. The van der Waals surface area contributed by atoms with Gasteiger partial charge in [-0.05, 0) is 55.6 Å². The number of nitrogens with two attached hydrogens (primary N) is 1. The summed E-state index contributed by atoms with van der Waals surface area (Å²) >= 11 is 0. The van der Waals surface area contributed by atoms with Gasteiger partial charge in [0.05, 0.1) is 6.61 Å². The number of imidazole rings is 1. The minimum Gasteiger partial charge on any atom is -0.466 e. The monoisotopic (exact) mass is 378 g/mol. The Morgan fingerprint density at radius 2 is 1.93 bits per heavy atom. The predicted molar refractivity (Wildman–Crippen MR) is 109 cm³/mol. The standard InChI is InChI=1S/C22H26N4O2/c1-2-28-20(27)13-15-3-5-16(6-4-15)17-7-9-18(10-8-17)19-14-25-22-24-11-12-26(22)21(19)23/h7-12,14-16H,2-6,13,23H2,1H3. The van der Waals surface area contributed by atoms with Crippen molar-refractivity contribution < 1.29 is 9.53 Å². The van der Waals surface area contributed by atoms with Gasteiger partial charge < -0.3 is 10.5 Å². The molecule has 2 heterocycles. The van der Waals surface area contributed by atoms with Gasteiger partial charge in [0.1, 0.15) is 5.82 Å². The molecule has 0 amide bonds. The van der Waals surface area contributed by atoms with Crippen molar-refractivity contribution in [2.75, 3.05) is 12.3 Å². The maximum Gasteiger partial charge on any atom is 0.306 e. The van der Waals surface area contributed by atoms with Gasteiger partial charge in [0, 0.05) is 30.6 Å². The number of rotatable bonds is 5. The average molecular weight is 378 g/mol. The number of nitrogens with zero attached hydrogens (tertiary/aromatic N) is 3. The Kier molecular flexibility index (Phi) is 5.28. The van der Waals surface area contributed by atoms with Crippen LogP contribution in [0.1, 0.15) is 50.5 Å². The molecule has 6 heteroatoms. The zero-order chi connectivity index (χ0) is 19.5. The molecule has 0 unspecified atom stereocenters. The first-order valence-corrected chi connectivity index (χ1v) is 9.99. The van der Waals surface area contributed by atoms with E-state index in [1.165, 1.54) is 5.56 Å². The van der Waals surface area contributed by atoms with Crippen molar-refractivity contribution >= 4 is 17.6 Å². The van der Waals surface area contributed by atoms with Gasteiger partial charge in [0.15, 0.2) is 0 Å². The molecule has 0 atom stereocenters. The second-order valence-corrected chi connectivity index (χ2v) is 7.50. The lowest BCUT2D eigenvalue weighted by Gasteiger charge is -2.28. The molecular formula is C22H26N4O2. The van der Waals surface area contributed by atoms with Crippen molar-refractivity contribution in [1.29, 1.82) is 0 Å². The summed E-state index contributed by atoms with van der Waals surface area (Å²) in [6, 6.07) is 8.64. The van der Waals surface area contributed by atoms with Crippen LogP contribution >= 0.6 is 0 Å². The van der Waals surface area contributed by atoms with Crippen LogP contribution in [0.15, 0.2) is 42.9 Å². The average Bonchev–Trinajstić information content (AvgIpc) is 3.19. The molecule has 1 aliphatic carbocycles. The van der Waals surface area contributed by atoms with Crippen LogP contribution in [0.5, 0.6) is 0 Å². The topological polar surface area (TPSA) is 82.5 Å². The highest BCUT2D eigenvalue weighted by molar-refractivity contribution is 5.74. The lowest BCUT2D eigenvalue weighted by Crippen LogP contribution is -2.17. The van der Waals surface area contributed by atoms with Gasteiger partial charge in [-0.25, -0.2) is 9.97 Å². The molecule has 2 aromatic heterocycles. The van der Waals surface area contributed by atoms with Gasteiger partial charge in [-0.15, -0.1) is 0 Å². The fourth-order valence-electron chi connectivity index (χ4n) is 4.21. The highest BCUT2D eigenvalue weighted by Gasteiger charge is 2.24. The zero-order valence-electron chi connectivity index (χ0n) is 16.2. The van der Waals surface area contributed by atoms with E-state index in [0.717, 1.165) is 36.8 Å². The molecule has 4 rings (SSSR count). The minimum absolute atomic E-state index is 0.0589. The van der Waals surface area contributed by atoms with E-state index in [1.54, 1.807) is 16.8 Å². The Labute approximate surface area is 164 Å². The van der Waals surface area contributed by atoms with Crippen molar-refractivity contribution in [2.45, 2.75) is 44.9 Å². The largest absolute Gasteiger partial charge is 0.466 e. The van der Waals surface area contributed by atoms with Crippen LogP contribution in [0, 0.1) is 5.92 Å². The predicted octanol–water partition coefficient (Wildman–Crippen LogP) is 4.21. The van der Waals surface area contributed by atoms with Crippen LogP contribution in [0.3, 0.4) is 0 Å². The van der Waals surface area contributed by atoms with Crippen molar-refractivity contribution in [3.05, 3.63) is 48.4 Å². The smallest absolute Gasteiger partial charge is 0.306 e. The Hall–Kier alpha value is -2.89. The third kappa shape index (κ3) is 3.72. The van der Waals surface area contributed by atoms with E-state index >= 15 is 0 Å². The van der Waals surface area contributed by atoms with Gasteiger partial charge in [0.2, 0.25) is 5.78 Å². The Morgan fingerprint density at radius 3 is 2.64 bits per heavy atom. The van der Waals surface area contributed by atoms with E-state index < -0.39 is 0 Å². The van der Waals surface area contributed by atoms with Crippen LogP contribution in [0.2, 0.25) is 0 Å². The third-order valence-electron chi connectivity index (χ3n) is 5.77. The Morgan fingerprint density at radius 1 is 1.18 bits per heavy atom. The van der Waals surface area contributed by atoms with Gasteiger partial charge in [-0.3, -0.25) is 9.20 Å². The summed E-state index contributed by atoms with van der Waals surface area (Å²) in [7, 11) is 0. The van der Waals surface area contributed by atoms with Crippen LogP contribution in [0.4, 0.5) is 5.82 Å². The summed E-state index contributed by atoms with van der Waals surface area (Å²) in [5.74, 6) is 2.21. The van der Waals surface area contributed by atoms with E-state index in [1.807, 2.05) is 13.1 Å². The lowest BCUT2D eigenvalue weighted by atomic mass is 9.77. The quantitative estimate of drug-likeness (QED) is 0.673. The number of benzene rings is 1. The van der Waals surface area contributed by atoms with Crippen molar-refractivity contribution in [3.63, 3.8) is 0 Å².